The molecule has 0 radical (unpaired) electrons. The fraction of sp³-hybridized carbons (Fsp3) is 0.409. The van der Waals surface area contributed by atoms with Crippen molar-refractivity contribution in [2.75, 3.05) is 6.54 Å². The number of hydrogen-bond donors (Lipinski definition) is 0. The summed E-state index contributed by atoms with van der Waals surface area (Å²) in [5.41, 5.74) is 0.830. The Hall–Kier alpha value is -2.96. The molecule has 4 rings (SSSR count). The molecule has 1 aliphatic rings. The van der Waals surface area contributed by atoms with Crippen molar-refractivity contribution in [3.63, 3.8) is 0 Å². The molecule has 0 saturated carbocycles. The minimum Gasteiger partial charge on any atom is -0.443 e. The van der Waals surface area contributed by atoms with E-state index >= 15 is 0 Å². The molecule has 1 aliphatic heterocycles. The zero-order chi connectivity index (χ0) is 20.2. The summed E-state index contributed by atoms with van der Waals surface area (Å²) >= 11 is 0. The maximum atomic E-state index is 13.4. The average Bonchev–Trinajstić information content (AvgIpc) is 3.37. The summed E-state index contributed by atoms with van der Waals surface area (Å²) < 4.78 is 21.3. The van der Waals surface area contributed by atoms with E-state index in [9.17, 15) is 9.18 Å². The number of aromatic nitrogens is 3. The van der Waals surface area contributed by atoms with Crippen molar-refractivity contribution >= 4 is 5.91 Å². The number of nitrogens with zero attached hydrogens (tertiary/aromatic N) is 4. The Kier molecular flexibility index (Phi) is 5.74. The normalized spacial score (nSPS) is 16.9. The van der Waals surface area contributed by atoms with E-state index in [4.69, 9.17) is 4.42 Å². The van der Waals surface area contributed by atoms with Crippen molar-refractivity contribution < 1.29 is 13.6 Å². The third-order valence-electron chi connectivity index (χ3n) is 5.37. The van der Waals surface area contributed by atoms with Crippen LogP contribution in [0.25, 0.3) is 0 Å². The maximum absolute atomic E-state index is 13.4. The molecule has 0 N–H and O–H groups in total. The van der Waals surface area contributed by atoms with Crippen molar-refractivity contribution in [3.05, 3.63) is 71.7 Å². The van der Waals surface area contributed by atoms with Gasteiger partial charge in [-0.3, -0.25) is 4.79 Å². The first-order valence-electron chi connectivity index (χ1n) is 10.1. The fourth-order valence-electron chi connectivity index (χ4n) is 3.93. The lowest BCUT2D eigenvalue weighted by molar-refractivity contribution is -0.136. The summed E-state index contributed by atoms with van der Waals surface area (Å²) in [6.07, 6.45) is 9.35. The predicted octanol–water partition coefficient (Wildman–Crippen LogP) is 3.92. The lowest BCUT2D eigenvalue weighted by Gasteiger charge is -2.34. The van der Waals surface area contributed by atoms with Gasteiger partial charge in [0, 0.05) is 31.8 Å². The highest BCUT2D eigenvalue weighted by atomic mass is 19.1. The summed E-state index contributed by atoms with van der Waals surface area (Å²) in [5.74, 6) is 1.92. The first-order valence-corrected chi connectivity index (χ1v) is 10.1. The summed E-state index contributed by atoms with van der Waals surface area (Å²) in [7, 11) is 0. The van der Waals surface area contributed by atoms with Crippen LogP contribution in [0.2, 0.25) is 0 Å². The number of carbonyl (C=O) groups excluding carboxylic acids is 1. The predicted molar refractivity (Wildman–Crippen MR) is 106 cm³/mol. The van der Waals surface area contributed by atoms with Crippen molar-refractivity contribution in [1.82, 2.24) is 19.4 Å². The number of rotatable bonds is 6. The highest BCUT2D eigenvalue weighted by Crippen LogP contribution is 2.31. The second-order valence-electron chi connectivity index (χ2n) is 7.40. The van der Waals surface area contributed by atoms with Crippen LogP contribution in [0.4, 0.5) is 4.39 Å². The highest BCUT2D eigenvalue weighted by Gasteiger charge is 2.31. The van der Waals surface area contributed by atoms with Crippen LogP contribution in [0.15, 0.2) is 47.3 Å². The van der Waals surface area contributed by atoms with Gasteiger partial charge in [-0.15, -0.1) is 0 Å². The van der Waals surface area contributed by atoms with Gasteiger partial charge >= 0.3 is 0 Å². The third-order valence-corrected chi connectivity index (χ3v) is 5.37. The van der Waals surface area contributed by atoms with Gasteiger partial charge in [0.05, 0.1) is 6.20 Å². The second kappa shape index (κ2) is 8.59. The standard InChI is InChI=1S/C22H25FN4O2/c1-2-20-24-9-11-26(20)15-21(28)27-10-4-3-8-19(27)22-25-14-18(29-22)13-16-6-5-7-17(23)12-16/h5-7,9,11-12,14,19H,2-4,8,10,13,15H2,1H3/t19-/m0/s1. The number of likely N-dealkylation sites (tertiary alicyclic amines) is 1. The number of benzene rings is 1. The minimum atomic E-state index is -0.266. The number of hydrogen-bond acceptors (Lipinski definition) is 4. The van der Waals surface area contributed by atoms with Crippen molar-refractivity contribution in [3.8, 4) is 0 Å². The zero-order valence-corrected chi connectivity index (χ0v) is 16.6. The van der Waals surface area contributed by atoms with Gasteiger partial charge in [-0.05, 0) is 37.0 Å². The molecule has 0 spiro atoms. The zero-order valence-electron chi connectivity index (χ0n) is 16.6. The summed E-state index contributed by atoms with van der Waals surface area (Å²) in [5, 5.41) is 0. The number of oxazole rings is 1. The maximum Gasteiger partial charge on any atom is 0.243 e. The third kappa shape index (κ3) is 4.39. The molecule has 0 bridgehead atoms. The molecule has 0 aliphatic carbocycles. The fourth-order valence-corrected chi connectivity index (χ4v) is 3.93. The Morgan fingerprint density at radius 2 is 2.21 bits per heavy atom. The molecule has 152 valence electrons. The molecule has 0 unspecified atom stereocenters. The van der Waals surface area contributed by atoms with Gasteiger partial charge < -0.3 is 13.9 Å². The topological polar surface area (TPSA) is 64.2 Å². The number of piperidine rings is 1. The van der Waals surface area contributed by atoms with Gasteiger partial charge in [0.15, 0.2) is 0 Å². The SMILES string of the molecule is CCc1nccn1CC(=O)N1CCCC[C@H]1c1ncc(Cc2cccc(F)c2)o1. The lowest BCUT2D eigenvalue weighted by atomic mass is 10.0. The van der Waals surface area contributed by atoms with Gasteiger partial charge in [0.2, 0.25) is 11.8 Å². The number of halogens is 1. The molecular formula is C22H25FN4O2. The highest BCUT2D eigenvalue weighted by molar-refractivity contribution is 5.76. The quantitative estimate of drug-likeness (QED) is 0.634. The van der Waals surface area contributed by atoms with Crippen molar-refractivity contribution in [2.45, 2.75) is 51.6 Å². The van der Waals surface area contributed by atoms with E-state index in [1.807, 2.05) is 28.7 Å². The van der Waals surface area contributed by atoms with Crippen LogP contribution in [-0.2, 0) is 24.2 Å². The Labute approximate surface area is 169 Å². The van der Waals surface area contributed by atoms with E-state index in [1.54, 1.807) is 18.5 Å². The van der Waals surface area contributed by atoms with Crippen molar-refractivity contribution in [2.24, 2.45) is 0 Å². The molecular weight excluding hydrogens is 371 g/mol. The number of amides is 1. The van der Waals surface area contributed by atoms with Gasteiger partial charge in [-0.2, -0.15) is 0 Å². The molecule has 1 amide bonds. The molecule has 2 aromatic heterocycles. The molecule has 3 heterocycles. The van der Waals surface area contributed by atoms with E-state index in [2.05, 4.69) is 9.97 Å². The summed E-state index contributed by atoms with van der Waals surface area (Å²) in [6, 6.07) is 6.30. The van der Waals surface area contributed by atoms with Gasteiger partial charge in [0.1, 0.15) is 30.0 Å². The van der Waals surface area contributed by atoms with E-state index < -0.39 is 0 Å². The van der Waals surface area contributed by atoms with Crippen LogP contribution in [-0.4, -0.2) is 31.9 Å². The Balaban J connectivity index is 1.49. The summed E-state index contributed by atoms with van der Waals surface area (Å²) in [6.45, 7) is 3.00. The van der Waals surface area contributed by atoms with E-state index in [1.165, 1.54) is 12.1 Å². The van der Waals surface area contributed by atoms with E-state index in [-0.39, 0.29) is 24.3 Å². The van der Waals surface area contributed by atoms with Crippen LogP contribution >= 0.6 is 0 Å². The van der Waals surface area contributed by atoms with E-state index in [0.29, 0.717) is 24.6 Å². The molecule has 6 nitrogen and oxygen atoms in total. The molecule has 7 heteroatoms. The molecule has 1 saturated heterocycles. The first kappa shape index (κ1) is 19.4. The molecule has 1 fully saturated rings. The molecule has 3 aromatic rings. The monoisotopic (exact) mass is 396 g/mol. The first-order chi connectivity index (χ1) is 14.1. The van der Waals surface area contributed by atoms with E-state index in [0.717, 1.165) is 37.1 Å². The van der Waals surface area contributed by atoms with Crippen LogP contribution in [0.3, 0.4) is 0 Å². The number of aryl methyl sites for hydroxylation is 1. The van der Waals surface area contributed by atoms with Crippen LogP contribution in [0, 0.1) is 5.82 Å². The molecule has 1 aromatic carbocycles. The van der Waals surface area contributed by atoms with Gasteiger partial charge in [-0.25, -0.2) is 14.4 Å². The number of carbonyl (C=O) groups is 1. The van der Waals surface area contributed by atoms with Crippen LogP contribution in [0.1, 0.15) is 55.3 Å². The second-order valence-corrected chi connectivity index (χ2v) is 7.40. The molecule has 29 heavy (non-hydrogen) atoms. The van der Waals surface area contributed by atoms with Crippen LogP contribution in [0.5, 0.6) is 0 Å². The average molecular weight is 396 g/mol. The Morgan fingerprint density at radius 3 is 3.03 bits per heavy atom. The van der Waals surface area contributed by atoms with Crippen LogP contribution < -0.4 is 0 Å². The summed E-state index contributed by atoms with van der Waals surface area (Å²) in [4.78, 5) is 23.6. The number of imidazole rings is 1. The van der Waals surface area contributed by atoms with Crippen molar-refractivity contribution in [1.29, 1.82) is 0 Å². The molecule has 1 atom stereocenters. The minimum absolute atomic E-state index is 0.0484. The Bertz CT molecular complexity index is 981. The van der Waals surface area contributed by atoms with Gasteiger partial charge in [-0.1, -0.05) is 19.1 Å². The largest absolute Gasteiger partial charge is 0.443 e. The Morgan fingerprint density at radius 1 is 1.31 bits per heavy atom. The lowest BCUT2D eigenvalue weighted by Crippen LogP contribution is -2.40. The smallest absolute Gasteiger partial charge is 0.243 e. The van der Waals surface area contributed by atoms with Gasteiger partial charge in [0.25, 0.3) is 0 Å².